The zero-order chi connectivity index (χ0) is 18.5. The lowest BCUT2D eigenvalue weighted by Gasteiger charge is -2.12. The Balaban J connectivity index is 1.60. The van der Waals surface area contributed by atoms with Gasteiger partial charge in [0, 0.05) is 38.6 Å². The maximum atomic E-state index is 12.4. The average Bonchev–Trinajstić information content (AvgIpc) is 3.07. The Hall–Kier alpha value is -3.22. The van der Waals surface area contributed by atoms with Crippen molar-refractivity contribution in [1.82, 2.24) is 25.1 Å². The number of anilines is 1. The molecule has 0 fully saturated rings. The SMILES string of the molecule is Cc1nc(N(C)C)ncc1C(=O)NCc1cnn(Cc2ccccc2)c1. The van der Waals surface area contributed by atoms with Gasteiger partial charge >= 0.3 is 0 Å². The molecule has 0 aliphatic heterocycles. The summed E-state index contributed by atoms with van der Waals surface area (Å²) in [5, 5.41) is 7.24. The monoisotopic (exact) mass is 350 g/mol. The first-order valence-corrected chi connectivity index (χ1v) is 8.37. The first-order valence-electron chi connectivity index (χ1n) is 8.37. The summed E-state index contributed by atoms with van der Waals surface area (Å²) < 4.78 is 1.86. The quantitative estimate of drug-likeness (QED) is 0.736. The summed E-state index contributed by atoms with van der Waals surface area (Å²) in [6, 6.07) is 10.1. The van der Waals surface area contributed by atoms with E-state index in [1.54, 1.807) is 17.3 Å². The van der Waals surface area contributed by atoms with Crippen molar-refractivity contribution >= 4 is 11.9 Å². The van der Waals surface area contributed by atoms with Crippen LogP contribution in [-0.4, -0.2) is 39.8 Å². The van der Waals surface area contributed by atoms with Crippen LogP contribution in [0.25, 0.3) is 0 Å². The van der Waals surface area contributed by atoms with Crippen molar-refractivity contribution in [3.8, 4) is 0 Å². The molecule has 134 valence electrons. The van der Waals surface area contributed by atoms with Crippen LogP contribution < -0.4 is 10.2 Å². The smallest absolute Gasteiger partial charge is 0.254 e. The van der Waals surface area contributed by atoms with Crippen LogP contribution in [0.4, 0.5) is 5.95 Å². The van der Waals surface area contributed by atoms with E-state index in [1.807, 2.05) is 50.1 Å². The molecule has 0 unspecified atom stereocenters. The number of hydrogen-bond acceptors (Lipinski definition) is 5. The van der Waals surface area contributed by atoms with E-state index in [0.717, 1.165) is 5.56 Å². The topological polar surface area (TPSA) is 75.9 Å². The second-order valence-corrected chi connectivity index (χ2v) is 6.28. The highest BCUT2D eigenvalue weighted by Crippen LogP contribution is 2.09. The van der Waals surface area contributed by atoms with Crippen LogP contribution >= 0.6 is 0 Å². The van der Waals surface area contributed by atoms with E-state index in [-0.39, 0.29) is 5.91 Å². The van der Waals surface area contributed by atoms with Gasteiger partial charge in [-0.15, -0.1) is 0 Å². The summed E-state index contributed by atoms with van der Waals surface area (Å²) in [6.45, 7) is 2.91. The van der Waals surface area contributed by atoms with Crippen LogP contribution in [0.5, 0.6) is 0 Å². The maximum Gasteiger partial charge on any atom is 0.254 e. The number of hydrogen-bond donors (Lipinski definition) is 1. The molecule has 2 heterocycles. The van der Waals surface area contributed by atoms with Gasteiger partial charge in [0.05, 0.1) is 24.0 Å². The summed E-state index contributed by atoms with van der Waals surface area (Å²) in [4.78, 5) is 22.7. The molecular formula is C19H22N6O. The summed E-state index contributed by atoms with van der Waals surface area (Å²) >= 11 is 0. The van der Waals surface area contributed by atoms with Gasteiger partial charge in [-0.3, -0.25) is 9.48 Å². The highest BCUT2D eigenvalue weighted by atomic mass is 16.1. The molecule has 0 radical (unpaired) electrons. The van der Waals surface area contributed by atoms with E-state index in [9.17, 15) is 4.79 Å². The Morgan fingerprint density at radius 1 is 1.15 bits per heavy atom. The molecule has 0 spiro atoms. The van der Waals surface area contributed by atoms with Crippen molar-refractivity contribution < 1.29 is 4.79 Å². The maximum absolute atomic E-state index is 12.4. The molecule has 1 amide bonds. The Morgan fingerprint density at radius 3 is 2.62 bits per heavy atom. The van der Waals surface area contributed by atoms with E-state index >= 15 is 0 Å². The highest BCUT2D eigenvalue weighted by molar-refractivity contribution is 5.94. The molecule has 7 nitrogen and oxygen atoms in total. The minimum atomic E-state index is -0.191. The molecule has 1 aromatic carbocycles. The van der Waals surface area contributed by atoms with Crippen molar-refractivity contribution in [2.75, 3.05) is 19.0 Å². The van der Waals surface area contributed by atoms with Crippen molar-refractivity contribution in [3.05, 3.63) is 71.3 Å². The zero-order valence-corrected chi connectivity index (χ0v) is 15.2. The number of aromatic nitrogens is 4. The van der Waals surface area contributed by atoms with E-state index in [1.165, 1.54) is 5.56 Å². The Bertz CT molecular complexity index is 888. The van der Waals surface area contributed by atoms with Crippen LogP contribution in [0.15, 0.2) is 48.9 Å². The minimum absolute atomic E-state index is 0.191. The lowest BCUT2D eigenvalue weighted by molar-refractivity contribution is 0.0949. The van der Waals surface area contributed by atoms with Crippen LogP contribution in [0.1, 0.15) is 27.2 Å². The number of nitrogens with zero attached hydrogens (tertiary/aromatic N) is 5. The number of aryl methyl sites for hydroxylation is 1. The Labute approximate surface area is 152 Å². The van der Waals surface area contributed by atoms with Crippen LogP contribution in [0.3, 0.4) is 0 Å². The highest BCUT2D eigenvalue weighted by Gasteiger charge is 2.12. The minimum Gasteiger partial charge on any atom is -0.348 e. The van der Waals surface area contributed by atoms with Gasteiger partial charge < -0.3 is 10.2 Å². The van der Waals surface area contributed by atoms with E-state index < -0.39 is 0 Å². The predicted octanol–water partition coefficient (Wildman–Crippen LogP) is 2.03. The van der Waals surface area contributed by atoms with Crippen LogP contribution in [0.2, 0.25) is 0 Å². The first kappa shape index (κ1) is 17.6. The average molecular weight is 350 g/mol. The number of carbonyl (C=O) groups is 1. The fourth-order valence-corrected chi connectivity index (χ4v) is 2.53. The zero-order valence-electron chi connectivity index (χ0n) is 15.2. The molecule has 3 rings (SSSR count). The number of benzene rings is 1. The fourth-order valence-electron chi connectivity index (χ4n) is 2.53. The van der Waals surface area contributed by atoms with E-state index in [4.69, 9.17) is 0 Å². The van der Waals surface area contributed by atoms with Crippen molar-refractivity contribution in [2.24, 2.45) is 0 Å². The normalized spacial score (nSPS) is 10.6. The van der Waals surface area contributed by atoms with Gasteiger partial charge in [0.1, 0.15) is 0 Å². The van der Waals surface area contributed by atoms with Gasteiger partial charge in [0.2, 0.25) is 5.95 Å². The molecule has 0 atom stereocenters. The number of amides is 1. The number of rotatable bonds is 6. The third-order valence-corrected chi connectivity index (χ3v) is 3.94. The number of carbonyl (C=O) groups excluding carboxylic acids is 1. The lowest BCUT2D eigenvalue weighted by atomic mass is 10.2. The van der Waals surface area contributed by atoms with E-state index in [2.05, 4.69) is 32.5 Å². The Morgan fingerprint density at radius 2 is 1.92 bits per heavy atom. The summed E-state index contributed by atoms with van der Waals surface area (Å²) in [5.41, 5.74) is 3.26. The molecule has 0 aliphatic rings. The van der Waals surface area contributed by atoms with Gasteiger partial charge in [0.15, 0.2) is 0 Å². The van der Waals surface area contributed by atoms with Crippen molar-refractivity contribution in [2.45, 2.75) is 20.0 Å². The number of nitrogens with one attached hydrogen (secondary N) is 1. The molecule has 0 aliphatic carbocycles. The van der Waals surface area contributed by atoms with Crippen LogP contribution in [-0.2, 0) is 13.1 Å². The third-order valence-electron chi connectivity index (χ3n) is 3.94. The lowest BCUT2D eigenvalue weighted by Crippen LogP contribution is -2.24. The summed E-state index contributed by atoms with van der Waals surface area (Å²) in [5.74, 6) is 0.393. The van der Waals surface area contributed by atoms with E-state index in [0.29, 0.717) is 30.3 Å². The second-order valence-electron chi connectivity index (χ2n) is 6.28. The summed E-state index contributed by atoms with van der Waals surface area (Å²) in [6.07, 6.45) is 5.26. The molecule has 0 bridgehead atoms. The second kappa shape index (κ2) is 7.77. The Kier molecular flexibility index (Phi) is 5.26. The van der Waals surface area contributed by atoms with Gasteiger partial charge in [-0.2, -0.15) is 5.10 Å². The fraction of sp³-hybridized carbons (Fsp3) is 0.263. The molecular weight excluding hydrogens is 328 g/mol. The van der Waals surface area contributed by atoms with Crippen molar-refractivity contribution in [1.29, 1.82) is 0 Å². The van der Waals surface area contributed by atoms with Crippen molar-refractivity contribution in [3.63, 3.8) is 0 Å². The van der Waals surface area contributed by atoms with Gasteiger partial charge in [-0.05, 0) is 12.5 Å². The molecule has 26 heavy (non-hydrogen) atoms. The molecule has 7 heteroatoms. The molecule has 1 N–H and O–H groups in total. The predicted molar refractivity (Wildman–Crippen MR) is 100 cm³/mol. The summed E-state index contributed by atoms with van der Waals surface area (Å²) in [7, 11) is 3.73. The largest absolute Gasteiger partial charge is 0.348 e. The van der Waals surface area contributed by atoms with Gasteiger partial charge in [0.25, 0.3) is 5.91 Å². The van der Waals surface area contributed by atoms with Crippen LogP contribution in [0, 0.1) is 6.92 Å². The molecule has 0 saturated heterocycles. The standard InChI is InChI=1S/C19H22N6O/c1-14-17(11-21-19(23-14)24(2)3)18(26)20-9-16-10-22-25(13-16)12-15-7-5-4-6-8-15/h4-8,10-11,13H,9,12H2,1-3H3,(H,20,26). The van der Waals surface area contributed by atoms with Gasteiger partial charge in [-0.25, -0.2) is 9.97 Å². The molecule has 2 aromatic heterocycles. The first-order chi connectivity index (χ1) is 12.5. The molecule has 3 aromatic rings. The van der Waals surface area contributed by atoms with Gasteiger partial charge in [-0.1, -0.05) is 30.3 Å². The molecule has 0 saturated carbocycles. The third kappa shape index (κ3) is 4.24.